The van der Waals surface area contributed by atoms with Crippen LogP contribution in [0.2, 0.25) is 0 Å². The number of hydrogen-bond acceptors (Lipinski definition) is 4. The maximum Gasteiger partial charge on any atom is 0.230 e. The molecular formula is C10H17N3OS. The summed E-state index contributed by atoms with van der Waals surface area (Å²) >= 11 is 1.51. The first-order chi connectivity index (χ1) is 7.04. The SMILES string of the molecule is CCc1cnc(NC(=O)C(C)C(C)N)s1. The third-order valence-electron chi connectivity index (χ3n) is 2.33. The zero-order chi connectivity index (χ0) is 11.4. The van der Waals surface area contributed by atoms with Crippen LogP contribution in [0.4, 0.5) is 5.13 Å². The Morgan fingerprint density at radius 1 is 1.67 bits per heavy atom. The van der Waals surface area contributed by atoms with E-state index in [4.69, 9.17) is 5.73 Å². The van der Waals surface area contributed by atoms with E-state index in [1.54, 1.807) is 6.20 Å². The van der Waals surface area contributed by atoms with E-state index in [9.17, 15) is 4.79 Å². The van der Waals surface area contributed by atoms with Crippen molar-refractivity contribution in [3.05, 3.63) is 11.1 Å². The molecule has 0 spiro atoms. The van der Waals surface area contributed by atoms with Crippen molar-refractivity contribution in [2.24, 2.45) is 11.7 Å². The highest BCUT2D eigenvalue weighted by molar-refractivity contribution is 7.15. The standard InChI is InChI=1S/C10H17N3OS/c1-4-8-5-12-10(15-8)13-9(14)6(2)7(3)11/h5-7H,4,11H2,1-3H3,(H,12,13,14). The van der Waals surface area contributed by atoms with Crippen molar-refractivity contribution in [2.45, 2.75) is 33.2 Å². The molecule has 0 radical (unpaired) electrons. The molecule has 0 saturated carbocycles. The molecule has 2 atom stereocenters. The van der Waals surface area contributed by atoms with E-state index in [1.165, 1.54) is 16.2 Å². The average Bonchev–Trinajstić information content (AvgIpc) is 2.64. The predicted molar refractivity (Wildman–Crippen MR) is 62.9 cm³/mol. The maximum absolute atomic E-state index is 11.6. The van der Waals surface area contributed by atoms with Gasteiger partial charge in [-0.15, -0.1) is 11.3 Å². The van der Waals surface area contributed by atoms with E-state index in [0.29, 0.717) is 5.13 Å². The van der Waals surface area contributed by atoms with Gasteiger partial charge in [0.2, 0.25) is 5.91 Å². The van der Waals surface area contributed by atoms with E-state index in [1.807, 2.05) is 13.8 Å². The summed E-state index contributed by atoms with van der Waals surface area (Å²) in [6.07, 6.45) is 2.73. The molecule has 0 aliphatic rings. The molecule has 1 amide bonds. The van der Waals surface area contributed by atoms with Gasteiger partial charge >= 0.3 is 0 Å². The van der Waals surface area contributed by atoms with E-state index < -0.39 is 0 Å². The number of rotatable bonds is 4. The van der Waals surface area contributed by atoms with Crippen LogP contribution in [0.25, 0.3) is 0 Å². The number of carbonyl (C=O) groups excluding carboxylic acids is 1. The molecule has 0 aliphatic heterocycles. The number of aromatic nitrogens is 1. The molecule has 0 fully saturated rings. The van der Waals surface area contributed by atoms with E-state index in [0.717, 1.165) is 6.42 Å². The van der Waals surface area contributed by atoms with Crippen LogP contribution >= 0.6 is 11.3 Å². The minimum absolute atomic E-state index is 0.0676. The molecule has 0 saturated heterocycles. The van der Waals surface area contributed by atoms with Crippen LogP contribution in [-0.2, 0) is 11.2 Å². The average molecular weight is 227 g/mol. The van der Waals surface area contributed by atoms with Crippen LogP contribution < -0.4 is 11.1 Å². The fourth-order valence-corrected chi connectivity index (χ4v) is 1.74. The monoisotopic (exact) mass is 227 g/mol. The number of anilines is 1. The van der Waals surface area contributed by atoms with Crippen molar-refractivity contribution < 1.29 is 4.79 Å². The van der Waals surface area contributed by atoms with Gasteiger partial charge in [-0.2, -0.15) is 0 Å². The van der Waals surface area contributed by atoms with Gasteiger partial charge in [0.1, 0.15) is 0 Å². The third-order valence-corrected chi connectivity index (χ3v) is 3.39. The second-order valence-corrected chi connectivity index (χ2v) is 4.74. The lowest BCUT2D eigenvalue weighted by Gasteiger charge is -2.13. The van der Waals surface area contributed by atoms with Gasteiger partial charge in [0, 0.05) is 17.1 Å². The van der Waals surface area contributed by atoms with Gasteiger partial charge in [-0.25, -0.2) is 4.98 Å². The van der Waals surface area contributed by atoms with Crippen LogP contribution in [0, 0.1) is 5.92 Å². The first kappa shape index (κ1) is 12.1. The molecule has 15 heavy (non-hydrogen) atoms. The number of hydrogen-bond donors (Lipinski definition) is 2. The second kappa shape index (κ2) is 5.23. The minimum Gasteiger partial charge on any atom is -0.327 e. The summed E-state index contributed by atoms with van der Waals surface area (Å²) in [5.74, 6) is -0.263. The van der Waals surface area contributed by atoms with Crippen molar-refractivity contribution in [1.29, 1.82) is 0 Å². The molecule has 0 aliphatic carbocycles. The Morgan fingerprint density at radius 3 is 2.80 bits per heavy atom. The quantitative estimate of drug-likeness (QED) is 0.821. The van der Waals surface area contributed by atoms with Gasteiger partial charge < -0.3 is 11.1 Å². The molecule has 1 rings (SSSR count). The highest BCUT2D eigenvalue weighted by atomic mass is 32.1. The zero-order valence-corrected chi connectivity index (χ0v) is 10.1. The number of nitrogens with two attached hydrogens (primary N) is 1. The number of carbonyl (C=O) groups is 1. The van der Waals surface area contributed by atoms with Crippen LogP contribution in [0.3, 0.4) is 0 Å². The molecule has 84 valence electrons. The van der Waals surface area contributed by atoms with Gasteiger partial charge in [-0.3, -0.25) is 4.79 Å². The summed E-state index contributed by atoms with van der Waals surface area (Å²) in [6.45, 7) is 5.70. The Balaban J connectivity index is 2.58. The molecule has 2 unspecified atom stereocenters. The third kappa shape index (κ3) is 3.28. The van der Waals surface area contributed by atoms with Crippen LogP contribution in [0.15, 0.2) is 6.20 Å². The Bertz CT molecular complexity index is 335. The lowest BCUT2D eigenvalue weighted by Crippen LogP contribution is -2.34. The summed E-state index contributed by atoms with van der Waals surface area (Å²) in [5, 5.41) is 3.42. The minimum atomic E-state index is -0.195. The van der Waals surface area contributed by atoms with Crippen molar-refractivity contribution >= 4 is 22.4 Å². The first-order valence-electron chi connectivity index (χ1n) is 5.05. The smallest absolute Gasteiger partial charge is 0.230 e. The highest BCUT2D eigenvalue weighted by Gasteiger charge is 2.17. The molecule has 1 aromatic heterocycles. The van der Waals surface area contributed by atoms with Gasteiger partial charge in [0.25, 0.3) is 0 Å². The normalized spacial score (nSPS) is 14.7. The van der Waals surface area contributed by atoms with Crippen molar-refractivity contribution in [2.75, 3.05) is 5.32 Å². The second-order valence-electron chi connectivity index (χ2n) is 3.62. The summed E-state index contributed by atoms with van der Waals surface area (Å²) in [4.78, 5) is 16.9. The highest BCUT2D eigenvalue weighted by Crippen LogP contribution is 2.19. The maximum atomic E-state index is 11.6. The topological polar surface area (TPSA) is 68.0 Å². The van der Waals surface area contributed by atoms with Crippen molar-refractivity contribution in [1.82, 2.24) is 4.98 Å². The van der Waals surface area contributed by atoms with E-state index in [2.05, 4.69) is 17.2 Å². The van der Waals surface area contributed by atoms with Gasteiger partial charge in [0.15, 0.2) is 5.13 Å². The molecule has 1 aromatic rings. The number of aryl methyl sites for hydroxylation is 1. The molecular weight excluding hydrogens is 210 g/mol. The van der Waals surface area contributed by atoms with E-state index in [-0.39, 0.29) is 17.9 Å². The number of thiazole rings is 1. The number of nitrogens with zero attached hydrogens (tertiary/aromatic N) is 1. The Labute approximate surface area is 93.9 Å². The summed E-state index contributed by atoms with van der Waals surface area (Å²) in [6, 6.07) is -0.143. The Morgan fingerprint density at radius 2 is 2.33 bits per heavy atom. The lowest BCUT2D eigenvalue weighted by atomic mass is 10.0. The van der Waals surface area contributed by atoms with Crippen molar-refractivity contribution in [3.8, 4) is 0 Å². The summed E-state index contributed by atoms with van der Waals surface area (Å²) in [7, 11) is 0. The molecule has 0 aromatic carbocycles. The summed E-state index contributed by atoms with van der Waals surface area (Å²) in [5.41, 5.74) is 5.64. The predicted octanol–water partition coefficient (Wildman–Crippen LogP) is 1.63. The Kier molecular flexibility index (Phi) is 4.23. The van der Waals surface area contributed by atoms with Crippen LogP contribution in [0.5, 0.6) is 0 Å². The fourth-order valence-electron chi connectivity index (χ4n) is 0.987. The van der Waals surface area contributed by atoms with Crippen LogP contribution in [-0.4, -0.2) is 16.9 Å². The van der Waals surface area contributed by atoms with E-state index >= 15 is 0 Å². The summed E-state index contributed by atoms with van der Waals surface area (Å²) < 4.78 is 0. The van der Waals surface area contributed by atoms with Gasteiger partial charge in [0.05, 0.1) is 5.92 Å². The van der Waals surface area contributed by atoms with Gasteiger partial charge in [-0.1, -0.05) is 13.8 Å². The van der Waals surface area contributed by atoms with Crippen molar-refractivity contribution in [3.63, 3.8) is 0 Å². The van der Waals surface area contributed by atoms with Crippen LogP contribution in [0.1, 0.15) is 25.6 Å². The first-order valence-corrected chi connectivity index (χ1v) is 5.87. The molecule has 4 nitrogen and oxygen atoms in total. The Hall–Kier alpha value is -0.940. The molecule has 1 heterocycles. The largest absolute Gasteiger partial charge is 0.327 e. The molecule has 0 bridgehead atoms. The lowest BCUT2D eigenvalue weighted by molar-refractivity contribution is -0.119. The molecule has 3 N–H and O–H groups in total. The zero-order valence-electron chi connectivity index (χ0n) is 9.28. The van der Waals surface area contributed by atoms with Gasteiger partial charge in [-0.05, 0) is 13.3 Å². The number of nitrogens with one attached hydrogen (secondary N) is 1. The fraction of sp³-hybridized carbons (Fsp3) is 0.600. The molecule has 5 heteroatoms. The number of amides is 1.